The molecule has 25 heavy (non-hydrogen) atoms. The normalized spacial score (nSPS) is 11.9. The molecule has 0 bridgehead atoms. The number of benzene rings is 2. The third kappa shape index (κ3) is 3.94. The van der Waals surface area contributed by atoms with Crippen molar-refractivity contribution in [2.75, 3.05) is 6.54 Å². The fraction of sp³-hybridized carbons (Fsp3) is 0.300. The van der Waals surface area contributed by atoms with Gasteiger partial charge in [-0.25, -0.2) is 13.1 Å². The van der Waals surface area contributed by atoms with Gasteiger partial charge in [0.2, 0.25) is 10.0 Å². The fourth-order valence-electron chi connectivity index (χ4n) is 3.06. The molecule has 1 heterocycles. The lowest BCUT2D eigenvalue weighted by molar-refractivity contribution is 0.579. The molecule has 4 nitrogen and oxygen atoms in total. The number of para-hydroxylation sites is 1. The van der Waals surface area contributed by atoms with Crippen molar-refractivity contribution in [3.63, 3.8) is 0 Å². The summed E-state index contributed by atoms with van der Waals surface area (Å²) < 4.78 is 27.3. The average Bonchev–Trinajstić information content (AvgIpc) is 3.02. The highest BCUT2D eigenvalue weighted by Gasteiger charge is 2.13. The van der Waals surface area contributed by atoms with E-state index in [1.165, 1.54) is 22.0 Å². The lowest BCUT2D eigenvalue weighted by Crippen LogP contribution is -2.25. The maximum Gasteiger partial charge on any atom is 0.240 e. The summed E-state index contributed by atoms with van der Waals surface area (Å²) in [6.07, 6.45) is 4.63. The molecule has 0 amide bonds. The van der Waals surface area contributed by atoms with Gasteiger partial charge in [-0.05, 0) is 49.4 Å². The summed E-state index contributed by atoms with van der Waals surface area (Å²) >= 11 is 0. The second kappa shape index (κ2) is 7.42. The first-order valence-electron chi connectivity index (χ1n) is 8.65. The van der Waals surface area contributed by atoms with Gasteiger partial charge in [0.25, 0.3) is 0 Å². The summed E-state index contributed by atoms with van der Waals surface area (Å²) in [7, 11) is -3.43. The van der Waals surface area contributed by atoms with Crippen LogP contribution in [0.4, 0.5) is 0 Å². The molecule has 2 aromatic carbocycles. The van der Waals surface area contributed by atoms with Crippen molar-refractivity contribution in [2.24, 2.45) is 0 Å². The first kappa shape index (κ1) is 17.7. The Morgan fingerprint density at radius 2 is 1.80 bits per heavy atom. The molecular weight excluding hydrogens is 332 g/mol. The highest BCUT2D eigenvalue weighted by Crippen LogP contribution is 2.23. The number of aromatic amines is 1. The van der Waals surface area contributed by atoms with Crippen molar-refractivity contribution < 1.29 is 8.42 Å². The average molecular weight is 356 g/mol. The van der Waals surface area contributed by atoms with E-state index in [-0.39, 0.29) is 0 Å². The van der Waals surface area contributed by atoms with E-state index in [9.17, 15) is 8.42 Å². The molecule has 3 rings (SSSR count). The number of aryl methyl sites for hydroxylation is 3. The third-order valence-electron chi connectivity index (χ3n) is 4.51. The Balaban J connectivity index is 1.61. The van der Waals surface area contributed by atoms with Crippen LogP contribution in [0.15, 0.2) is 53.6 Å². The largest absolute Gasteiger partial charge is 0.361 e. The molecule has 0 aliphatic rings. The minimum absolute atomic E-state index is 0.317. The monoisotopic (exact) mass is 356 g/mol. The Bertz CT molecular complexity index is 957. The standard InChI is InChI=1S/C20H24N2O2S/c1-3-16-6-4-8-19-17(14-21-20(16)19)7-5-13-22-25(23,24)18-11-9-15(2)10-12-18/h4,6,8-12,14,21-22H,3,5,7,13H2,1-2H3. The zero-order valence-corrected chi connectivity index (χ0v) is 15.5. The quantitative estimate of drug-likeness (QED) is 0.630. The Morgan fingerprint density at radius 1 is 1.04 bits per heavy atom. The van der Waals surface area contributed by atoms with Gasteiger partial charge >= 0.3 is 0 Å². The molecular formula is C20H24N2O2S. The van der Waals surface area contributed by atoms with Crippen LogP contribution < -0.4 is 4.72 Å². The zero-order chi connectivity index (χ0) is 17.9. The number of hydrogen-bond acceptors (Lipinski definition) is 2. The van der Waals surface area contributed by atoms with Crippen LogP contribution in [0.1, 0.15) is 30.0 Å². The molecule has 0 radical (unpaired) electrons. The van der Waals surface area contributed by atoms with Crippen LogP contribution in [-0.2, 0) is 22.9 Å². The van der Waals surface area contributed by atoms with Gasteiger partial charge in [0.05, 0.1) is 4.90 Å². The second-order valence-corrected chi connectivity index (χ2v) is 8.09. The summed E-state index contributed by atoms with van der Waals surface area (Å²) in [4.78, 5) is 3.67. The van der Waals surface area contributed by atoms with Gasteiger partial charge < -0.3 is 4.98 Å². The van der Waals surface area contributed by atoms with Gasteiger partial charge in [-0.3, -0.25) is 0 Å². The van der Waals surface area contributed by atoms with Crippen LogP contribution in [0.2, 0.25) is 0 Å². The lowest BCUT2D eigenvalue weighted by atomic mass is 10.0. The Morgan fingerprint density at radius 3 is 2.52 bits per heavy atom. The second-order valence-electron chi connectivity index (χ2n) is 6.32. The summed E-state index contributed by atoms with van der Waals surface area (Å²) in [6.45, 7) is 4.51. The first-order chi connectivity index (χ1) is 12.0. The summed E-state index contributed by atoms with van der Waals surface area (Å²) in [5.74, 6) is 0. The predicted octanol–water partition coefficient (Wildman–Crippen LogP) is 3.95. The van der Waals surface area contributed by atoms with E-state index >= 15 is 0 Å². The van der Waals surface area contributed by atoms with E-state index in [2.05, 4.69) is 34.8 Å². The van der Waals surface area contributed by atoms with Crippen LogP contribution in [-0.4, -0.2) is 19.9 Å². The highest BCUT2D eigenvalue weighted by molar-refractivity contribution is 7.89. The molecule has 0 aliphatic heterocycles. The molecule has 2 N–H and O–H groups in total. The van der Waals surface area contributed by atoms with Crippen molar-refractivity contribution in [1.29, 1.82) is 0 Å². The molecule has 0 saturated carbocycles. The van der Waals surface area contributed by atoms with Crippen LogP contribution in [0.3, 0.4) is 0 Å². The van der Waals surface area contributed by atoms with Crippen molar-refractivity contribution >= 4 is 20.9 Å². The van der Waals surface area contributed by atoms with Gasteiger partial charge in [-0.15, -0.1) is 0 Å². The topological polar surface area (TPSA) is 62.0 Å². The Labute approximate surface area is 149 Å². The van der Waals surface area contributed by atoms with E-state index in [1.807, 2.05) is 25.3 Å². The predicted molar refractivity (Wildman–Crippen MR) is 102 cm³/mol. The molecule has 0 atom stereocenters. The van der Waals surface area contributed by atoms with Crippen molar-refractivity contribution in [3.8, 4) is 0 Å². The number of hydrogen-bond donors (Lipinski definition) is 2. The zero-order valence-electron chi connectivity index (χ0n) is 14.7. The smallest absolute Gasteiger partial charge is 0.240 e. The third-order valence-corrected chi connectivity index (χ3v) is 5.99. The van der Waals surface area contributed by atoms with Crippen molar-refractivity contribution in [2.45, 2.75) is 38.0 Å². The van der Waals surface area contributed by atoms with Gasteiger partial charge in [0.15, 0.2) is 0 Å². The van der Waals surface area contributed by atoms with E-state index < -0.39 is 10.0 Å². The molecule has 0 spiro atoms. The fourth-order valence-corrected chi connectivity index (χ4v) is 4.14. The maximum atomic E-state index is 12.3. The summed E-state index contributed by atoms with van der Waals surface area (Å²) in [5, 5.41) is 1.24. The number of nitrogens with one attached hydrogen (secondary N) is 2. The SMILES string of the molecule is CCc1cccc2c(CCCNS(=O)(=O)c3ccc(C)cc3)c[nH]c12. The van der Waals surface area contributed by atoms with Crippen molar-refractivity contribution in [1.82, 2.24) is 9.71 Å². The number of H-pyrrole nitrogens is 1. The van der Waals surface area contributed by atoms with Crippen LogP contribution in [0.5, 0.6) is 0 Å². The van der Waals surface area contributed by atoms with Gasteiger partial charge in [-0.1, -0.05) is 42.8 Å². The highest BCUT2D eigenvalue weighted by atomic mass is 32.2. The number of aromatic nitrogens is 1. The van der Waals surface area contributed by atoms with Crippen LogP contribution in [0, 0.1) is 6.92 Å². The molecule has 0 saturated heterocycles. The minimum Gasteiger partial charge on any atom is -0.361 e. The molecule has 1 aromatic heterocycles. The van der Waals surface area contributed by atoms with E-state index in [0.29, 0.717) is 11.4 Å². The van der Waals surface area contributed by atoms with Crippen LogP contribution >= 0.6 is 0 Å². The molecule has 3 aromatic rings. The van der Waals surface area contributed by atoms with Gasteiger partial charge in [-0.2, -0.15) is 0 Å². The minimum atomic E-state index is -3.43. The van der Waals surface area contributed by atoms with Gasteiger partial charge in [0.1, 0.15) is 0 Å². The van der Waals surface area contributed by atoms with E-state index in [0.717, 1.165) is 24.8 Å². The summed E-state index contributed by atoms with van der Waals surface area (Å²) in [5.41, 5.74) is 4.79. The number of rotatable bonds is 7. The Kier molecular flexibility index (Phi) is 5.25. The van der Waals surface area contributed by atoms with E-state index in [1.54, 1.807) is 12.1 Å². The summed E-state index contributed by atoms with van der Waals surface area (Å²) in [6, 6.07) is 13.2. The number of fused-ring (bicyclic) bond motifs is 1. The maximum absolute atomic E-state index is 12.3. The molecule has 0 fully saturated rings. The van der Waals surface area contributed by atoms with Gasteiger partial charge in [0, 0.05) is 23.6 Å². The first-order valence-corrected chi connectivity index (χ1v) is 10.1. The molecule has 0 unspecified atom stereocenters. The van der Waals surface area contributed by atoms with Crippen molar-refractivity contribution in [3.05, 3.63) is 65.4 Å². The van der Waals surface area contributed by atoms with Crippen LogP contribution in [0.25, 0.3) is 10.9 Å². The number of sulfonamides is 1. The molecule has 132 valence electrons. The molecule has 0 aliphatic carbocycles. The molecule has 5 heteroatoms. The van der Waals surface area contributed by atoms with E-state index in [4.69, 9.17) is 0 Å². The lowest BCUT2D eigenvalue weighted by Gasteiger charge is -2.07. The Hall–Kier alpha value is -2.11.